The Morgan fingerprint density at radius 3 is 2.37 bits per heavy atom. The Morgan fingerprint density at radius 1 is 1.23 bits per heavy atom. The normalized spacial score (nSPS) is 22.8. The van der Waals surface area contributed by atoms with Crippen LogP contribution in [0.1, 0.15) is 37.7 Å². The van der Waals surface area contributed by atoms with E-state index in [1.807, 2.05) is 6.26 Å². The summed E-state index contributed by atoms with van der Waals surface area (Å²) in [6, 6.07) is 2.00. The molecule has 2 aliphatic rings. The first-order valence-corrected chi connectivity index (χ1v) is 11.5. The minimum Gasteiger partial charge on any atom is -0.324 e. The van der Waals surface area contributed by atoms with Gasteiger partial charge in [0, 0.05) is 5.69 Å². The van der Waals surface area contributed by atoms with Crippen LogP contribution in [0.4, 0.5) is 18.9 Å². The number of hydrogen-bond acceptors (Lipinski definition) is 4. The average Bonchev–Trinajstić information content (AvgIpc) is 2.94. The molecular formula is C20H22ClF3N2O3S. The van der Waals surface area contributed by atoms with E-state index in [9.17, 15) is 27.6 Å². The molecule has 30 heavy (non-hydrogen) atoms. The summed E-state index contributed by atoms with van der Waals surface area (Å²) in [5.41, 5.74) is -1.16. The van der Waals surface area contributed by atoms with E-state index in [0.29, 0.717) is 18.6 Å². The van der Waals surface area contributed by atoms with Gasteiger partial charge in [0.25, 0.3) is 0 Å². The van der Waals surface area contributed by atoms with Crippen molar-refractivity contribution in [1.29, 1.82) is 0 Å². The van der Waals surface area contributed by atoms with Crippen LogP contribution in [0.2, 0.25) is 5.02 Å². The van der Waals surface area contributed by atoms with Gasteiger partial charge in [-0.3, -0.25) is 19.3 Å². The summed E-state index contributed by atoms with van der Waals surface area (Å²) in [5.74, 6) is -1.67. The molecule has 0 spiro atoms. The summed E-state index contributed by atoms with van der Waals surface area (Å²) in [5, 5.41) is 1.96. The van der Waals surface area contributed by atoms with Gasteiger partial charge >= 0.3 is 6.18 Å². The van der Waals surface area contributed by atoms with Crippen LogP contribution >= 0.6 is 23.4 Å². The van der Waals surface area contributed by atoms with Crippen molar-refractivity contribution >= 4 is 46.8 Å². The quantitative estimate of drug-likeness (QED) is 0.628. The molecule has 1 heterocycles. The van der Waals surface area contributed by atoms with Gasteiger partial charge < -0.3 is 5.32 Å². The average molecular weight is 463 g/mol. The molecule has 1 aliphatic heterocycles. The molecule has 1 aliphatic carbocycles. The second-order valence-electron chi connectivity index (χ2n) is 7.52. The van der Waals surface area contributed by atoms with Crippen molar-refractivity contribution in [2.45, 2.75) is 44.3 Å². The molecule has 164 valence electrons. The summed E-state index contributed by atoms with van der Waals surface area (Å²) >= 11 is 7.08. The summed E-state index contributed by atoms with van der Waals surface area (Å²) in [6.07, 6.45) is 0.346. The number of rotatable bonds is 6. The lowest BCUT2D eigenvalue weighted by molar-refractivity contribution is -0.146. The molecule has 10 heteroatoms. The predicted molar refractivity (Wildman–Crippen MR) is 109 cm³/mol. The van der Waals surface area contributed by atoms with E-state index in [-0.39, 0.29) is 23.9 Å². The lowest BCUT2D eigenvalue weighted by atomic mass is 9.81. The number of hydrogen-bond donors (Lipinski definition) is 1. The molecular weight excluding hydrogens is 441 g/mol. The number of halogens is 4. The second-order valence-corrected chi connectivity index (χ2v) is 8.92. The number of amides is 3. The molecule has 5 nitrogen and oxygen atoms in total. The largest absolute Gasteiger partial charge is 0.417 e. The highest BCUT2D eigenvalue weighted by Crippen LogP contribution is 2.40. The number of alkyl halides is 3. The molecule has 1 aromatic carbocycles. The van der Waals surface area contributed by atoms with Crippen LogP contribution in [0.25, 0.3) is 0 Å². The number of benzene rings is 1. The Bertz CT molecular complexity index is 825. The van der Waals surface area contributed by atoms with E-state index in [1.165, 1.54) is 17.8 Å². The predicted octanol–water partition coefficient (Wildman–Crippen LogP) is 4.59. The highest BCUT2D eigenvalue weighted by molar-refractivity contribution is 7.98. The third-order valence-corrected chi connectivity index (χ3v) is 6.60. The number of anilines is 1. The number of nitrogens with one attached hydrogen (secondary N) is 1. The van der Waals surface area contributed by atoms with E-state index in [2.05, 4.69) is 5.32 Å². The zero-order valence-corrected chi connectivity index (χ0v) is 17.9. The van der Waals surface area contributed by atoms with Gasteiger partial charge in [-0.1, -0.05) is 24.4 Å². The van der Waals surface area contributed by atoms with Crippen LogP contribution in [0.5, 0.6) is 0 Å². The van der Waals surface area contributed by atoms with Gasteiger partial charge in [-0.2, -0.15) is 24.9 Å². The van der Waals surface area contributed by atoms with Crippen molar-refractivity contribution in [3.63, 3.8) is 0 Å². The zero-order valence-electron chi connectivity index (χ0n) is 16.3. The lowest BCUT2D eigenvalue weighted by Gasteiger charge is -2.26. The Morgan fingerprint density at radius 2 is 1.83 bits per heavy atom. The van der Waals surface area contributed by atoms with E-state index < -0.39 is 40.5 Å². The van der Waals surface area contributed by atoms with Crippen molar-refractivity contribution in [3.8, 4) is 0 Å². The molecule has 1 saturated heterocycles. The fraction of sp³-hybridized carbons (Fsp3) is 0.550. The molecule has 1 saturated carbocycles. The molecule has 0 radical (unpaired) electrons. The van der Waals surface area contributed by atoms with Crippen molar-refractivity contribution < 1.29 is 27.6 Å². The van der Waals surface area contributed by atoms with Crippen LogP contribution in [-0.4, -0.2) is 40.7 Å². The fourth-order valence-corrected chi connectivity index (χ4v) is 4.83. The summed E-state index contributed by atoms with van der Waals surface area (Å²) < 4.78 is 39.3. The van der Waals surface area contributed by atoms with Gasteiger partial charge in [-0.25, -0.2) is 0 Å². The van der Waals surface area contributed by atoms with Crippen molar-refractivity contribution in [2.75, 3.05) is 17.3 Å². The first-order chi connectivity index (χ1) is 14.1. The number of nitrogens with zero attached hydrogens (tertiary/aromatic N) is 1. The minimum atomic E-state index is -4.67. The Hall–Kier alpha value is -1.74. The first-order valence-electron chi connectivity index (χ1n) is 9.68. The number of fused-ring (bicyclic) bond motifs is 1. The maximum absolute atomic E-state index is 13.1. The number of carbonyl (C=O) groups is 3. The molecule has 3 unspecified atom stereocenters. The molecule has 1 aromatic rings. The minimum absolute atomic E-state index is 0.0950. The molecule has 0 bridgehead atoms. The van der Waals surface area contributed by atoms with Gasteiger partial charge in [-0.15, -0.1) is 0 Å². The van der Waals surface area contributed by atoms with Crippen molar-refractivity contribution in [2.24, 2.45) is 11.8 Å². The maximum atomic E-state index is 13.1. The SMILES string of the molecule is CSCCC(C(=O)Nc1ccc(Cl)c(C(F)(F)F)c1)N1C(=O)C2CCCCC2C1=O. The summed E-state index contributed by atoms with van der Waals surface area (Å²) in [7, 11) is 0. The van der Waals surface area contributed by atoms with Crippen LogP contribution in [-0.2, 0) is 20.6 Å². The Labute approximate surface area is 181 Å². The third kappa shape index (κ3) is 4.61. The molecule has 1 N–H and O–H groups in total. The first kappa shape index (κ1) is 22.9. The number of thioether (sulfide) groups is 1. The molecule has 3 amide bonds. The fourth-order valence-electron chi connectivity index (χ4n) is 4.15. The van der Waals surface area contributed by atoms with Crippen LogP contribution < -0.4 is 5.32 Å². The lowest BCUT2D eigenvalue weighted by Crippen LogP contribution is -2.48. The smallest absolute Gasteiger partial charge is 0.324 e. The van der Waals surface area contributed by atoms with Gasteiger partial charge in [0.05, 0.1) is 22.4 Å². The Balaban J connectivity index is 1.85. The summed E-state index contributed by atoms with van der Waals surface area (Å²) in [6.45, 7) is 0. The zero-order chi connectivity index (χ0) is 22.1. The van der Waals surface area contributed by atoms with Crippen LogP contribution in [0.3, 0.4) is 0 Å². The van der Waals surface area contributed by atoms with Crippen LogP contribution in [0, 0.1) is 11.8 Å². The van der Waals surface area contributed by atoms with E-state index >= 15 is 0 Å². The van der Waals surface area contributed by atoms with Crippen molar-refractivity contribution in [3.05, 3.63) is 28.8 Å². The highest BCUT2D eigenvalue weighted by atomic mass is 35.5. The van der Waals surface area contributed by atoms with E-state index in [1.54, 1.807) is 0 Å². The molecule has 3 rings (SSSR count). The number of imide groups is 1. The third-order valence-electron chi connectivity index (χ3n) is 5.62. The maximum Gasteiger partial charge on any atom is 0.417 e. The van der Waals surface area contributed by atoms with Gasteiger partial charge in [0.1, 0.15) is 6.04 Å². The Kier molecular flexibility index (Phi) is 7.02. The van der Waals surface area contributed by atoms with Crippen LogP contribution in [0.15, 0.2) is 18.2 Å². The summed E-state index contributed by atoms with van der Waals surface area (Å²) in [4.78, 5) is 39.8. The van der Waals surface area contributed by atoms with Gasteiger partial charge in [0.2, 0.25) is 17.7 Å². The molecule has 0 aromatic heterocycles. The standard InChI is InChI=1S/C20H22ClF3N2O3S/c1-30-9-8-16(26-18(28)12-4-2-3-5-13(12)19(26)29)17(27)25-11-6-7-15(21)14(10-11)20(22,23)24/h6-7,10,12-13,16H,2-5,8-9H2,1H3,(H,25,27). The monoisotopic (exact) mass is 462 g/mol. The topological polar surface area (TPSA) is 66.5 Å². The number of likely N-dealkylation sites (tertiary alicyclic amines) is 1. The highest BCUT2D eigenvalue weighted by Gasteiger charge is 2.51. The van der Waals surface area contributed by atoms with E-state index in [4.69, 9.17) is 11.6 Å². The molecule has 2 fully saturated rings. The molecule has 3 atom stereocenters. The van der Waals surface area contributed by atoms with Gasteiger partial charge in [0.15, 0.2) is 0 Å². The second kappa shape index (κ2) is 9.18. The van der Waals surface area contributed by atoms with Crippen molar-refractivity contribution in [1.82, 2.24) is 4.90 Å². The van der Waals surface area contributed by atoms with E-state index in [0.717, 1.165) is 29.9 Å². The number of carbonyl (C=O) groups excluding carboxylic acids is 3. The van der Waals surface area contributed by atoms with Gasteiger partial charge in [-0.05, 0) is 49.5 Å².